The van der Waals surface area contributed by atoms with Crippen LogP contribution in [0.25, 0.3) is 0 Å². The summed E-state index contributed by atoms with van der Waals surface area (Å²) in [4.78, 5) is 56.7. The molecule has 2 rings (SSSR count). The molecule has 0 aromatic heterocycles. The van der Waals surface area contributed by atoms with Crippen LogP contribution in [0.4, 0.5) is 0 Å². The fourth-order valence-corrected chi connectivity index (χ4v) is 4.35. The van der Waals surface area contributed by atoms with Crippen molar-refractivity contribution in [3.63, 3.8) is 0 Å². The Bertz CT molecular complexity index is 983. The van der Waals surface area contributed by atoms with Crippen LogP contribution in [0, 0.1) is 5.92 Å². The summed E-state index contributed by atoms with van der Waals surface area (Å²) in [6.45, 7) is 4.46. The molecule has 12 nitrogen and oxygen atoms in total. The SMILES string of the molecule is CCC(C)C(N)C(=O)N1CCCC1C(=O)NC(CCCN=C(N)N)C(=O)NC(Cc1ccccc1)C(=O)O. The van der Waals surface area contributed by atoms with Crippen molar-refractivity contribution in [2.75, 3.05) is 13.1 Å². The maximum Gasteiger partial charge on any atom is 0.326 e. The number of nitrogens with two attached hydrogens (primary N) is 3. The van der Waals surface area contributed by atoms with Crippen molar-refractivity contribution in [1.29, 1.82) is 0 Å². The molecule has 38 heavy (non-hydrogen) atoms. The van der Waals surface area contributed by atoms with Crippen molar-refractivity contribution in [3.05, 3.63) is 35.9 Å². The molecule has 3 amide bonds. The Balaban J connectivity index is 2.15. The normalized spacial score (nSPS) is 18.1. The summed E-state index contributed by atoms with van der Waals surface area (Å²) >= 11 is 0. The minimum atomic E-state index is -1.20. The molecule has 1 aromatic carbocycles. The van der Waals surface area contributed by atoms with Crippen LogP contribution in [0.2, 0.25) is 0 Å². The predicted octanol–water partition coefficient (Wildman–Crippen LogP) is -0.299. The Morgan fingerprint density at radius 2 is 1.82 bits per heavy atom. The van der Waals surface area contributed by atoms with E-state index in [9.17, 15) is 24.3 Å². The first kappa shape index (κ1) is 30.6. The standard InChI is InChI=1S/C26H41N7O5/c1-3-16(2)21(27)24(36)33-14-8-12-20(33)23(35)31-18(11-7-13-30-26(28)29)22(34)32-19(25(37)38)15-17-9-5-4-6-10-17/h4-6,9-10,16,18-21H,3,7-8,11-15,27H2,1-2H3,(H,31,35)(H,32,34)(H,37,38)(H4,28,29,30). The first-order chi connectivity index (χ1) is 18.0. The smallest absolute Gasteiger partial charge is 0.326 e. The molecule has 9 N–H and O–H groups in total. The maximum atomic E-state index is 13.3. The van der Waals surface area contributed by atoms with Crippen LogP contribution in [0.15, 0.2) is 35.3 Å². The van der Waals surface area contributed by atoms with E-state index in [0.29, 0.717) is 25.8 Å². The highest BCUT2D eigenvalue weighted by atomic mass is 16.4. The monoisotopic (exact) mass is 531 g/mol. The second kappa shape index (κ2) is 14.9. The minimum Gasteiger partial charge on any atom is -0.480 e. The Hall–Kier alpha value is -3.67. The van der Waals surface area contributed by atoms with Gasteiger partial charge in [-0.25, -0.2) is 4.79 Å². The van der Waals surface area contributed by atoms with Gasteiger partial charge in [-0.2, -0.15) is 0 Å². The van der Waals surface area contributed by atoms with Crippen molar-refractivity contribution in [3.8, 4) is 0 Å². The maximum absolute atomic E-state index is 13.3. The summed E-state index contributed by atoms with van der Waals surface area (Å²) in [5, 5.41) is 15.0. The zero-order chi connectivity index (χ0) is 28.2. The highest BCUT2D eigenvalue weighted by Gasteiger charge is 2.38. The molecule has 5 atom stereocenters. The summed E-state index contributed by atoms with van der Waals surface area (Å²) in [6.07, 6.45) is 2.41. The number of amides is 3. The molecular weight excluding hydrogens is 490 g/mol. The summed E-state index contributed by atoms with van der Waals surface area (Å²) in [6, 6.07) is 5.20. The molecule has 1 aliphatic rings. The van der Waals surface area contributed by atoms with E-state index in [1.165, 1.54) is 4.90 Å². The molecular formula is C26H41N7O5. The largest absolute Gasteiger partial charge is 0.480 e. The fourth-order valence-electron chi connectivity index (χ4n) is 4.35. The molecule has 210 valence electrons. The molecule has 0 aliphatic carbocycles. The number of guanidine groups is 1. The second-order valence-electron chi connectivity index (χ2n) is 9.70. The molecule has 0 spiro atoms. The number of aliphatic carboxylic acids is 1. The van der Waals surface area contributed by atoms with Gasteiger partial charge in [-0.05, 0) is 37.2 Å². The van der Waals surface area contributed by atoms with Crippen LogP contribution in [-0.2, 0) is 25.6 Å². The minimum absolute atomic E-state index is 0.0431. The molecule has 12 heteroatoms. The van der Waals surface area contributed by atoms with Crippen molar-refractivity contribution in [1.82, 2.24) is 15.5 Å². The third kappa shape index (κ3) is 9.02. The average Bonchev–Trinajstić information content (AvgIpc) is 3.39. The molecule has 5 unspecified atom stereocenters. The Labute approximate surface area is 223 Å². The molecule has 1 aromatic rings. The number of aliphatic imine (C=N–C) groups is 1. The highest BCUT2D eigenvalue weighted by Crippen LogP contribution is 2.21. The van der Waals surface area contributed by atoms with E-state index in [0.717, 1.165) is 12.0 Å². The molecule has 0 bridgehead atoms. The van der Waals surface area contributed by atoms with Gasteiger partial charge in [-0.3, -0.25) is 19.4 Å². The zero-order valence-corrected chi connectivity index (χ0v) is 22.1. The van der Waals surface area contributed by atoms with E-state index in [1.54, 1.807) is 24.3 Å². The average molecular weight is 532 g/mol. The Kier molecular flexibility index (Phi) is 12.0. The van der Waals surface area contributed by atoms with Crippen LogP contribution in [0.5, 0.6) is 0 Å². The van der Waals surface area contributed by atoms with E-state index in [4.69, 9.17) is 17.2 Å². The summed E-state index contributed by atoms with van der Waals surface area (Å²) in [5.74, 6) is -2.75. The lowest BCUT2D eigenvalue weighted by Crippen LogP contribution is -2.57. The number of hydrogen-bond donors (Lipinski definition) is 6. The van der Waals surface area contributed by atoms with Gasteiger partial charge in [0.1, 0.15) is 18.1 Å². The summed E-state index contributed by atoms with van der Waals surface area (Å²) in [5.41, 5.74) is 17.6. The van der Waals surface area contributed by atoms with Gasteiger partial charge in [0.15, 0.2) is 5.96 Å². The lowest BCUT2D eigenvalue weighted by Gasteiger charge is -2.30. The van der Waals surface area contributed by atoms with E-state index in [-0.39, 0.29) is 37.2 Å². The predicted molar refractivity (Wildman–Crippen MR) is 144 cm³/mol. The third-order valence-electron chi connectivity index (χ3n) is 6.86. The number of carboxylic acid groups (broad SMARTS) is 1. The first-order valence-electron chi connectivity index (χ1n) is 13.0. The topological polar surface area (TPSA) is 206 Å². The van der Waals surface area contributed by atoms with Crippen molar-refractivity contribution in [2.24, 2.45) is 28.1 Å². The van der Waals surface area contributed by atoms with Crippen LogP contribution < -0.4 is 27.8 Å². The van der Waals surface area contributed by atoms with Gasteiger partial charge in [-0.1, -0.05) is 50.6 Å². The number of nitrogens with one attached hydrogen (secondary N) is 2. The first-order valence-corrected chi connectivity index (χ1v) is 13.0. The number of benzene rings is 1. The van der Waals surface area contributed by atoms with E-state index in [1.807, 2.05) is 19.9 Å². The number of carbonyl (C=O) groups excluding carboxylic acids is 3. The van der Waals surface area contributed by atoms with Gasteiger partial charge in [0, 0.05) is 19.5 Å². The second-order valence-corrected chi connectivity index (χ2v) is 9.70. The molecule has 1 heterocycles. The Morgan fingerprint density at radius 3 is 2.42 bits per heavy atom. The highest BCUT2D eigenvalue weighted by molar-refractivity contribution is 5.94. The molecule has 1 saturated heterocycles. The number of nitrogens with zero attached hydrogens (tertiary/aromatic N) is 2. The number of likely N-dealkylation sites (tertiary alicyclic amines) is 1. The van der Waals surface area contributed by atoms with Gasteiger partial charge < -0.3 is 37.8 Å². The van der Waals surface area contributed by atoms with Crippen molar-refractivity contribution < 1.29 is 24.3 Å². The number of hydrogen-bond acceptors (Lipinski definition) is 6. The number of rotatable bonds is 14. The Morgan fingerprint density at radius 1 is 1.13 bits per heavy atom. The molecule has 0 saturated carbocycles. The van der Waals surface area contributed by atoms with Crippen LogP contribution in [0.3, 0.4) is 0 Å². The third-order valence-corrected chi connectivity index (χ3v) is 6.86. The number of carboxylic acids is 1. The lowest BCUT2D eigenvalue weighted by molar-refractivity contribution is -0.143. The van der Waals surface area contributed by atoms with Gasteiger partial charge in [0.05, 0.1) is 6.04 Å². The molecule has 1 aliphatic heterocycles. The van der Waals surface area contributed by atoms with Crippen LogP contribution >= 0.6 is 0 Å². The summed E-state index contributed by atoms with van der Waals surface area (Å²) in [7, 11) is 0. The van der Waals surface area contributed by atoms with E-state index < -0.39 is 42.0 Å². The fraction of sp³-hybridized carbons (Fsp3) is 0.577. The van der Waals surface area contributed by atoms with Gasteiger partial charge in [0.2, 0.25) is 17.7 Å². The van der Waals surface area contributed by atoms with Gasteiger partial charge >= 0.3 is 5.97 Å². The zero-order valence-electron chi connectivity index (χ0n) is 22.1. The molecule has 1 fully saturated rings. The summed E-state index contributed by atoms with van der Waals surface area (Å²) < 4.78 is 0. The van der Waals surface area contributed by atoms with Crippen LogP contribution in [0.1, 0.15) is 51.5 Å². The van der Waals surface area contributed by atoms with Crippen molar-refractivity contribution >= 4 is 29.7 Å². The number of carbonyl (C=O) groups is 4. The van der Waals surface area contributed by atoms with E-state index in [2.05, 4.69) is 15.6 Å². The lowest BCUT2D eigenvalue weighted by atomic mass is 9.98. The van der Waals surface area contributed by atoms with E-state index >= 15 is 0 Å². The quantitative estimate of drug-likeness (QED) is 0.106. The van der Waals surface area contributed by atoms with Crippen molar-refractivity contribution in [2.45, 2.75) is 76.5 Å². The van der Waals surface area contributed by atoms with Crippen LogP contribution in [-0.4, -0.2) is 76.9 Å². The molecule has 0 radical (unpaired) electrons. The van der Waals surface area contributed by atoms with Gasteiger partial charge in [-0.15, -0.1) is 0 Å². The van der Waals surface area contributed by atoms with Gasteiger partial charge in [0.25, 0.3) is 0 Å².